The normalized spacial score (nSPS) is 19.6. The molecule has 2 rings (SSSR count). The molecule has 1 aromatic rings. The second-order valence-electron chi connectivity index (χ2n) is 4.28. The first-order valence-electron chi connectivity index (χ1n) is 5.49. The number of benzene rings is 1. The van der Waals surface area contributed by atoms with Crippen LogP contribution in [0.15, 0.2) is 23.2 Å². The number of rotatable bonds is 2. The molecule has 0 amide bonds. The van der Waals surface area contributed by atoms with Crippen LogP contribution >= 0.6 is 35.0 Å². The molecule has 0 fully saturated rings. The number of aliphatic imine (C=N–C) groups is 1. The number of hydrogen-bond acceptors (Lipinski definition) is 3. The molecule has 0 bridgehead atoms. The Kier molecular flexibility index (Phi) is 4.23. The smallest absolute Gasteiger partial charge is 0.161 e. The molecule has 0 spiro atoms. The van der Waals surface area contributed by atoms with E-state index < -0.39 is 0 Å². The topological polar surface area (TPSA) is 24.4 Å². The quantitative estimate of drug-likeness (QED) is 0.864. The van der Waals surface area contributed by atoms with E-state index in [0.717, 1.165) is 16.6 Å². The number of anilines is 1. The summed E-state index contributed by atoms with van der Waals surface area (Å²) >= 11 is 13.9. The molecule has 0 aromatic heterocycles. The minimum atomic E-state index is 0.378. The van der Waals surface area contributed by atoms with E-state index in [1.165, 1.54) is 0 Å². The molecule has 0 aliphatic carbocycles. The highest BCUT2D eigenvalue weighted by molar-refractivity contribution is 8.14. The largest absolute Gasteiger partial charge is 0.333 e. The van der Waals surface area contributed by atoms with Crippen molar-refractivity contribution in [3.63, 3.8) is 0 Å². The lowest BCUT2D eigenvalue weighted by molar-refractivity contribution is 0.543. The second kappa shape index (κ2) is 5.51. The predicted octanol–water partition coefficient (Wildman–Crippen LogP) is 4.53. The monoisotopic (exact) mass is 288 g/mol. The van der Waals surface area contributed by atoms with Crippen molar-refractivity contribution in [3.8, 4) is 0 Å². The molecular weight excluding hydrogens is 275 g/mol. The van der Waals surface area contributed by atoms with Gasteiger partial charge in [0.1, 0.15) is 0 Å². The van der Waals surface area contributed by atoms with Crippen molar-refractivity contribution in [2.45, 2.75) is 19.9 Å². The summed E-state index contributed by atoms with van der Waals surface area (Å²) in [6, 6.07) is 5.84. The average Bonchev–Trinajstić information content (AvgIpc) is 2.72. The van der Waals surface area contributed by atoms with Crippen LogP contribution in [0, 0.1) is 5.92 Å². The van der Waals surface area contributed by atoms with Gasteiger partial charge in [-0.25, -0.2) is 0 Å². The Hall–Kier alpha value is -0.380. The molecule has 1 aliphatic rings. The van der Waals surface area contributed by atoms with Gasteiger partial charge < -0.3 is 5.32 Å². The molecule has 0 saturated heterocycles. The van der Waals surface area contributed by atoms with Gasteiger partial charge in [-0.2, -0.15) is 0 Å². The van der Waals surface area contributed by atoms with E-state index in [4.69, 9.17) is 23.2 Å². The molecule has 0 saturated carbocycles. The summed E-state index contributed by atoms with van der Waals surface area (Å²) in [7, 11) is 0. The Bertz CT molecular complexity index is 426. The minimum absolute atomic E-state index is 0.378. The van der Waals surface area contributed by atoms with E-state index in [1.807, 2.05) is 18.2 Å². The maximum atomic E-state index is 6.10. The Morgan fingerprint density at radius 2 is 2.00 bits per heavy atom. The fourth-order valence-electron chi connectivity index (χ4n) is 1.52. The Morgan fingerprint density at radius 3 is 2.53 bits per heavy atom. The predicted molar refractivity (Wildman–Crippen MR) is 78.6 cm³/mol. The number of amidine groups is 1. The summed E-state index contributed by atoms with van der Waals surface area (Å²) in [6.07, 6.45) is 0. The third-order valence-corrected chi connectivity index (χ3v) is 4.26. The molecule has 2 nitrogen and oxygen atoms in total. The minimum Gasteiger partial charge on any atom is -0.333 e. The number of halogens is 2. The molecular formula is C12H14Cl2N2S. The molecule has 0 radical (unpaired) electrons. The van der Waals surface area contributed by atoms with Crippen molar-refractivity contribution in [1.29, 1.82) is 0 Å². The van der Waals surface area contributed by atoms with Crippen molar-refractivity contribution >= 4 is 45.8 Å². The zero-order chi connectivity index (χ0) is 12.4. The number of nitrogens with zero attached hydrogens (tertiary/aromatic N) is 1. The van der Waals surface area contributed by atoms with Crippen LogP contribution in [0.5, 0.6) is 0 Å². The molecule has 1 aliphatic heterocycles. The average molecular weight is 289 g/mol. The Labute approximate surface area is 116 Å². The van der Waals surface area contributed by atoms with Gasteiger partial charge >= 0.3 is 0 Å². The van der Waals surface area contributed by atoms with Gasteiger partial charge in [-0.15, -0.1) is 0 Å². The molecule has 1 N–H and O–H groups in total. The van der Waals surface area contributed by atoms with Crippen LogP contribution in [0.3, 0.4) is 0 Å². The summed E-state index contributed by atoms with van der Waals surface area (Å²) < 4.78 is 0. The first kappa shape index (κ1) is 13.1. The highest BCUT2D eigenvalue weighted by atomic mass is 35.5. The lowest BCUT2D eigenvalue weighted by Gasteiger charge is -2.09. The number of hydrogen-bond donors (Lipinski definition) is 1. The molecule has 1 aromatic carbocycles. The van der Waals surface area contributed by atoms with Gasteiger partial charge in [-0.3, -0.25) is 4.99 Å². The van der Waals surface area contributed by atoms with Gasteiger partial charge in [0, 0.05) is 5.75 Å². The van der Waals surface area contributed by atoms with Gasteiger partial charge in [0.25, 0.3) is 0 Å². The standard InChI is InChI=1S/C12H14Cl2N2S/c1-7(2)10-6-17-12(15-10)16-11-8(13)4-3-5-9(11)14/h3-5,7,10H,6H2,1-2H3,(H,15,16). The zero-order valence-corrected chi connectivity index (χ0v) is 12.0. The van der Waals surface area contributed by atoms with E-state index in [2.05, 4.69) is 24.2 Å². The molecule has 1 unspecified atom stereocenters. The van der Waals surface area contributed by atoms with Gasteiger partial charge in [0.15, 0.2) is 5.17 Å². The first-order chi connectivity index (χ1) is 8.08. The van der Waals surface area contributed by atoms with Crippen molar-refractivity contribution in [3.05, 3.63) is 28.2 Å². The second-order valence-corrected chi connectivity index (χ2v) is 6.10. The van der Waals surface area contributed by atoms with Crippen LogP contribution in [0.25, 0.3) is 0 Å². The SMILES string of the molecule is CC(C)C1CSC(Nc2c(Cl)cccc2Cl)=N1. The Morgan fingerprint density at radius 1 is 1.35 bits per heavy atom. The van der Waals surface area contributed by atoms with Crippen LogP contribution in [-0.2, 0) is 0 Å². The summed E-state index contributed by atoms with van der Waals surface area (Å²) in [5.41, 5.74) is 0.742. The van der Waals surface area contributed by atoms with E-state index in [1.54, 1.807) is 11.8 Å². The maximum Gasteiger partial charge on any atom is 0.161 e. The van der Waals surface area contributed by atoms with Crippen LogP contribution in [0.1, 0.15) is 13.8 Å². The number of thioether (sulfide) groups is 1. The van der Waals surface area contributed by atoms with Crippen molar-refractivity contribution < 1.29 is 0 Å². The third kappa shape index (κ3) is 3.09. The highest BCUT2D eigenvalue weighted by Crippen LogP contribution is 2.32. The molecule has 5 heteroatoms. The fraction of sp³-hybridized carbons (Fsp3) is 0.417. The van der Waals surface area contributed by atoms with E-state index >= 15 is 0 Å². The van der Waals surface area contributed by atoms with E-state index in [-0.39, 0.29) is 0 Å². The van der Waals surface area contributed by atoms with Crippen LogP contribution in [-0.4, -0.2) is 17.0 Å². The lowest BCUT2D eigenvalue weighted by Crippen LogP contribution is -2.12. The first-order valence-corrected chi connectivity index (χ1v) is 7.23. The number of para-hydroxylation sites is 1. The van der Waals surface area contributed by atoms with Crippen molar-refractivity contribution in [1.82, 2.24) is 0 Å². The van der Waals surface area contributed by atoms with E-state index in [9.17, 15) is 0 Å². The summed E-state index contributed by atoms with van der Waals surface area (Å²) in [5, 5.41) is 5.35. The number of nitrogens with one attached hydrogen (secondary N) is 1. The van der Waals surface area contributed by atoms with Gasteiger partial charge in [-0.05, 0) is 18.1 Å². The molecule has 17 heavy (non-hydrogen) atoms. The van der Waals surface area contributed by atoms with Gasteiger partial charge in [0.2, 0.25) is 0 Å². The maximum absolute atomic E-state index is 6.10. The van der Waals surface area contributed by atoms with Gasteiger partial charge in [0.05, 0.1) is 21.8 Å². The third-order valence-electron chi connectivity index (χ3n) is 2.64. The van der Waals surface area contributed by atoms with Crippen LogP contribution < -0.4 is 5.32 Å². The van der Waals surface area contributed by atoms with Crippen LogP contribution in [0.2, 0.25) is 10.0 Å². The zero-order valence-electron chi connectivity index (χ0n) is 9.71. The molecule has 1 heterocycles. The molecule has 1 atom stereocenters. The highest BCUT2D eigenvalue weighted by Gasteiger charge is 2.21. The van der Waals surface area contributed by atoms with Crippen LogP contribution in [0.4, 0.5) is 5.69 Å². The summed E-state index contributed by atoms with van der Waals surface area (Å²) in [6.45, 7) is 4.36. The molecule has 92 valence electrons. The fourth-order valence-corrected chi connectivity index (χ4v) is 3.19. The lowest BCUT2D eigenvalue weighted by atomic mass is 10.1. The summed E-state index contributed by atoms with van der Waals surface area (Å²) in [4.78, 5) is 4.62. The Balaban J connectivity index is 2.15. The van der Waals surface area contributed by atoms with Crippen molar-refractivity contribution in [2.75, 3.05) is 11.1 Å². The van der Waals surface area contributed by atoms with E-state index in [0.29, 0.717) is 22.0 Å². The summed E-state index contributed by atoms with van der Waals surface area (Å²) in [5.74, 6) is 1.57. The van der Waals surface area contributed by atoms with Crippen molar-refractivity contribution in [2.24, 2.45) is 10.9 Å². The van der Waals surface area contributed by atoms with Gasteiger partial charge in [-0.1, -0.05) is 54.9 Å².